The van der Waals surface area contributed by atoms with Gasteiger partial charge < -0.3 is 26.6 Å². The highest BCUT2D eigenvalue weighted by atomic mass is 19.4. The van der Waals surface area contributed by atoms with E-state index in [2.05, 4.69) is 15.3 Å². The van der Waals surface area contributed by atoms with Gasteiger partial charge in [0.2, 0.25) is 5.95 Å². The predicted octanol–water partition coefficient (Wildman–Crippen LogP) is 2.68. The molecule has 5 N–H and O–H groups in total. The van der Waals surface area contributed by atoms with Crippen molar-refractivity contribution in [1.82, 2.24) is 20.2 Å². The molecule has 4 rings (SSSR count). The highest BCUT2D eigenvalue weighted by Gasteiger charge is 2.39. The number of nitrogens with zero attached hydrogens (tertiary/aromatic N) is 4. The molecule has 0 aliphatic carbocycles. The highest BCUT2D eigenvalue weighted by molar-refractivity contribution is 5.94. The molecule has 13 heteroatoms. The minimum Gasteiger partial charge on any atom is -0.383 e. The molecule has 1 atom stereocenters. The highest BCUT2D eigenvalue weighted by Crippen LogP contribution is 2.37. The van der Waals surface area contributed by atoms with E-state index in [4.69, 9.17) is 11.5 Å². The number of likely N-dealkylation sites (tertiary alicyclic amines) is 1. The third-order valence-electron chi connectivity index (χ3n) is 6.01. The van der Waals surface area contributed by atoms with Gasteiger partial charge in [-0.1, -0.05) is 0 Å². The van der Waals surface area contributed by atoms with Crippen LogP contribution in [-0.2, 0) is 6.18 Å². The summed E-state index contributed by atoms with van der Waals surface area (Å²) in [5.41, 5.74) is 10.4. The number of nitrogens with one attached hydrogen (secondary N) is 1. The summed E-state index contributed by atoms with van der Waals surface area (Å²) in [5, 5.41) is 3.06. The van der Waals surface area contributed by atoms with Crippen LogP contribution in [0.5, 0.6) is 0 Å². The molecule has 34 heavy (non-hydrogen) atoms. The molecule has 2 saturated heterocycles. The molecular weight excluding hydrogens is 461 g/mol. The van der Waals surface area contributed by atoms with Crippen molar-refractivity contribution >= 4 is 23.5 Å². The number of hydrogen-bond donors (Lipinski definition) is 3. The molecule has 1 unspecified atom stereocenters. The Morgan fingerprint density at radius 2 is 1.79 bits per heavy atom. The SMILES string of the molecule is Nc1cc(N2CCNC(c3cc(C(=O)N4CCC(F)(F)CC4)ccc3C(F)(F)F)C2)nc(N)n1. The van der Waals surface area contributed by atoms with E-state index in [9.17, 15) is 26.7 Å². The molecule has 0 radical (unpaired) electrons. The molecule has 3 heterocycles. The van der Waals surface area contributed by atoms with Crippen LogP contribution < -0.4 is 21.7 Å². The molecule has 0 saturated carbocycles. The minimum absolute atomic E-state index is 0.0164. The number of piperazine rings is 1. The molecule has 8 nitrogen and oxygen atoms in total. The Kier molecular flexibility index (Phi) is 6.23. The predicted molar refractivity (Wildman–Crippen MR) is 115 cm³/mol. The molecular formula is C21H24F5N7O. The van der Waals surface area contributed by atoms with E-state index in [0.717, 1.165) is 12.1 Å². The Hall–Kier alpha value is -3.22. The number of aromatic nitrogens is 2. The number of benzene rings is 1. The number of hydrogen-bond acceptors (Lipinski definition) is 7. The lowest BCUT2D eigenvalue weighted by Crippen LogP contribution is -2.47. The first-order chi connectivity index (χ1) is 15.9. The molecule has 184 valence electrons. The first-order valence-corrected chi connectivity index (χ1v) is 10.7. The third-order valence-corrected chi connectivity index (χ3v) is 6.01. The molecule has 0 bridgehead atoms. The van der Waals surface area contributed by atoms with Crippen LogP contribution in [0.3, 0.4) is 0 Å². The maximum absolute atomic E-state index is 13.8. The van der Waals surface area contributed by atoms with Crippen LogP contribution in [0.1, 0.15) is 40.4 Å². The number of piperidine rings is 1. The van der Waals surface area contributed by atoms with Gasteiger partial charge in [0.25, 0.3) is 11.8 Å². The van der Waals surface area contributed by atoms with E-state index >= 15 is 0 Å². The van der Waals surface area contributed by atoms with E-state index < -0.39 is 42.5 Å². The molecule has 2 aliphatic heterocycles. The fraction of sp³-hybridized carbons (Fsp3) is 0.476. The second kappa shape index (κ2) is 8.85. The van der Waals surface area contributed by atoms with E-state index in [1.807, 2.05) is 0 Å². The quantitative estimate of drug-likeness (QED) is 0.573. The number of anilines is 3. The zero-order chi connectivity index (χ0) is 24.7. The summed E-state index contributed by atoms with van der Waals surface area (Å²) in [6.45, 7) is 0.564. The van der Waals surface area contributed by atoms with E-state index in [0.29, 0.717) is 18.9 Å². The van der Waals surface area contributed by atoms with Gasteiger partial charge in [0.15, 0.2) is 0 Å². The number of amides is 1. The van der Waals surface area contributed by atoms with Gasteiger partial charge in [-0.05, 0) is 23.8 Å². The standard InChI is InChI=1S/C21H24F5N7O/c22-20(23)3-6-32(7-4-20)18(34)12-1-2-14(21(24,25)26)13(9-12)15-11-33(8-5-29-15)17-10-16(27)30-19(28)31-17/h1-2,9-10,15,29H,3-8,11H2,(H4,27,28,30,31). The van der Waals surface area contributed by atoms with Crippen LogP contribution in [0.4, 0.5) is 39.5 Å². The van der Waals surface area contributed by atoms with Crippen LogP contribution in [-0.4, -0.2) is 59.4 Å². The Labute approximate surface area is 192 Å². The molecule has 0 spiro atoms. The van der Waals surface area contributed by atoms with Crippen LogP contribution in [0, 0.1) is 0 Å². The van der Waals surface area contributed by atoms with Gasteiger partial charge in [-0.3, -0.25) is 4.79 Å². The fourth-order valence-corrected chi connectivity index (χ4v) is 4.26. The zero-order valence-electron chi connectivity index (χ0n) is 18.1. The molecule has 2 aromatic rings. The van der Waals surface area contributed by atoms with Crippen molar-refractivity contribution < 1.29 is 26.7 Å². The van der Waals surface area contributed by atoms with Gasteiger partial charge in [0.05, 0.1) is 11.6 Å². The van der Waals surface area contributed by atoms with Crippen molar-refractivity contribution in [3.63, 3.8) is 0 Å². The number of nitrogen functional groups attached to an aromatic ring is 2. The molecule has 1 aromatic heterocycles. The number of nitrogens with two attached hydrogens (primary N) is 2. The first-order valence-electron chi connectivity index (χ1n) is 10.7. The van der Waals surface area contributed by atoms with Gasteiger partial charge in [0, 0.05) is 57.2 Å². The average Bonchev–Trinajstić information content (AvgIpc) is 2.77. The lowest BCUT2D eigenvalue weighted by Gasteiger charge is -2.36. The van der Waals surface area contributed by atoms with Crippen LogP contribution in [0.2, 0.25) is 0 Å². The average molecular weight is 485 g/mol. The Morgan fingerprint density at radius 3 is 2.44 bits per heavy atom. The molecule has 1 aromatic carbocycles. The summed E-state index contributed by atoms with van der Waals surface area (Å²) in [4.78, 5) is 23.8. The first kappa shape index (κ1) is 23.9. The summed E-state index contributed by atoms with van der Waals surface area (Å²) >= 11 is 0. The van der Waals surface area contributed by atoms with Crippen molar-refractivity contribution in [3.8, 4) is 0 Å². The zero-order valence-corrected chi connectivity index (χ0v) is 18.1. The number of carbonyl (C=O) groups excluding carboxylic acids is 1. The minimum atomic E-state index is -4.65. The fourth-order valence-electron chi connectivity index (χ4n) is 4.26. The Bertz CT molecular complexity index is 1050. The second-order valence-electron chi connectivity index (χ2n) is 8.41. The van der Waals surface area contributed by atoms with Crippen molar-refractivity contribution in [2.75, 3.05) is 49.1 Å². The van der Waals surface area contributed by atoms with Crippen LogP contribution >= 0.6 is 0 Å². The Morgan fingerprint density at radius 1 is 1.09 bits per heavy atom. The lowest BCUT2D eigenvalue weighted by atomic mass is 9.94. The number of halogens is 5. The van der Waals surface area contributed by atoms with Gasteiger partial charge >= 0.3 is 6.18 Å². The summed E-state index contributed by atoms with van der Waals surface area (Å²) in [6, 6.07) is 3.84. The third kappa shape index (κ3) is 5.13. The van der Waals surface area contributed by atoms with Crippen LogP contribution in [0.25, 0.3) is 0 Å². The number of rotatable bonds is 3. The van der Waals surface area contributed by atoms with Crippen molar-refractivity contribution in [2.45, 2.75) is 31.0 Å². The number of carbonyl (C=O) groups is 1. The smallest absolute Gasteiger partial charge is 0.383 e. The Balaban J connectivity index is 1.63. The van der Waals surface area contributed by atoms with Crippen molar-refractivity contribution in [3.05, 3.63) is 41.0 Å². The maximum atomic E-state index is 13.8. The van der Waals surface area contributed by atoms with E-state index in [1.54, 1.807) is 4.90 Å². The molecule has 2 fully saturated rings. The van der Waals surface area contributed by atoms with E-state index in [-0.39, 0.29) is 42.5 Å². The van der Waals surface area contributed by atoms with Crippen molar-refractivity contribution in [2.24, 2.45) is 0 Å². The normalized spacial score (nSPS) is 20.9. The number of alkyl halides is 5. The summed E-state index contributed by atoms with van der Waals surface area (Å²) < 4.78 is 68.4. The molecule has 2 aliphatic rings. The van der Waals surface area contributed by atoms with Crippen LogP contribution in [0.15, 0.2) is 24.3 Å². The van der Waals surface area contributed by atoms with E-state index in [1.165, 1.54) is 17.0 Å². The summed E-state index contributed by atoms with van der Waals surface area (Å²) in [6.07, 6.45) is -5.61. The monoisotopic (exact) mass is 485 g/mol. The maximum Gasteiger partial charge on any atom is 0.416 e. The molecule has 1 amide bonds. The van der Waals surface area contributed by atoms with Gasteiger partial charge in [0.1, 0.15) is 11.6 Å². The van der Waals surface area contributed by atoms with Gasteiger partial charge in [-0.25, -0.2) is 8.78 Å². The topological polar surface area (TPSA) is 113 Å². The lowest BCUT2D eigenvalue weighted by molar-refractivity contribution is -0.138. The largest absolute Gasteiger partial charge is 0.416 e. The second-order valence-corrected chi connectivity index (χ2v) is 8.41. The van der Waals surface area contributed by atoms with Gasteiger partial charge in [-0.2, -0.15) is 23.1 Å². The van der Waals surface area contributed by atoms with Gasteiger partial charge in [-0.15, -0.1) is 0 Å². The summed E-state index contributed by atoms with van der Waals surface area (Å²) in [5.74, 6) is -2.96. The summed E-state index contributed by atoms with van der Waals surface area (Å²) in [7, 11) is 0. The van der Waals surface area contributed by atoms with Crippen molar-refractivity contribution in [1.29, 1.82) is 0 Å².